The quantitative estimate of drug-likeness (QED) is 0.472. The number of hydrogen-bond donors (Lipinski definition) is 1. The fourth-order valence-corrected chi connectivity index (χ4v) is 1.94. The van der Waals surface area contributed by atoms with Crippen LogP contribution in [0.15, 0.2) is 11.6 Å². The molecule has 0 radical (unpaired) electrons. The van der Waals surface area contributed by atoms with E-state index in [9.17, 15) is 9.59 Å². The van der Waals surface area contributed by atoms with E-state index in [0.717, 1.165) is 5.57 Å². The Labute approximate surface area is 107 Å². The van der Waals surface area contributed by atoms with E-state index in [0.29, 0.717) is 12.8 Å². The molecule has 0 aromatic rings. The lowest BCUT2D eigenvalue weighted by molar-refractivity contribution is -0.164. The third-order valence-corrected chi connectivity index (χ3v) is 3.07. The van der Waals surface area contributed by atoms with Crippen molar-refractivity contribution < 1.29 is 19.4 Å². The normalized spacial score (nSPS) is 23.8. The maximum atomic E-state index is 12.0. The van der Waals surface area contributed by atoms with Crippen molar-refractivity contribution in [3.05, 3.63) is 11.6 Å². The van der Waals surface area contributed by atoms with Crippen molar-refractivity contribution in [1.82, 2.24) is 0 Å². The molecule has 2 atom stereocenters. The van der Waals surface area contributed by atoms with Gasteiger partial charge in [0.1, 0.15) is 0 Å². The van der Waals surface area contributed by atoms with Gasteiger partial charge >= 0.3 is 11.9 Å². The fourth-order valence-electron chi connectivity index (χ4n) is 1.94. The number of esters is 1. The summed E-state index contributed by atoms with van der Waals surface area (Å²) in [6.07, 6.45) is 7.88. The lowest BCUT2D eigenvalue weighted by Gasteiger charge is -2.29. The molecule has 4 heteroatoms. The van der Waals surface area contributed by atoms with E-state index in [1.54, 1.807) is 13.8 Å². The van der Waals surface area contributed by atoms with Crippen molar-refractivity contribution in [2.45, 2.75) is 39.2 Å². The Balaban J connectivity index is 2.86. The second kappa shape index (κ2) is 5.26. The number of rotatable bonds is 3. The summed E-state index contributed by atoms with van der Waals surface area (Å²) in [6, 6.07) is 0. The van der Waals surface area contributed by atoms with Crippen LogP contribution in [-0.2, 0) is 14.3 Å². The molecule has 0 aliphatic heterocycles. The van der Waals surface area contributed by atoms with Gasteiger partial charge in [0.2, 0.25) is 0 Å². The van der Waals surface area contributed by atoms with Gasteiger partial charge in [-0.05, 0) is 33.6 Å². The highest BCUT2D eigenvalue weighted by Crippen LogP contribution is 2.31. The van der Waals surface area contributed by atoms with Crippen molar-refractivity contribution in [1.29, 1.82) is 0 Å². The molecule has 98 valence electrons. The molecule has 18 heavy (non-hydrogen) atoms. The van der Waals surface area contributed by atoms with Gasteiger partial charge in [-0.15, -0.1) is 6.42 Å². The van der Waals surface area contributed by atoms with Gasteiger partial charge in [0.05, 0.1) is 11.8 Å². The predicted molar refractivity (Wildman–Crippen MR) is 66.6 cm³/mol. The highest BCUT2D eigenvalue weighted by atomic mass is 16.6. The van der Waals surface area contributed by atoms with E-state index in [2.05, 4.69) is 5.92 Å². The molecular weight excluding hydrogens is 232 g/mol. The monoisotopic (exact) mass is 250 g/mol. The van der Waals surface area contributed by atoms with Crippen molar-refractivity contribution in [2.24, 2.45) is 11.8 Å². The summed E-state index contributed by atoms with van der Waals surface area (Å²) in [5, 5.41) is 9.12. The minimum atomic E-state index is -1.00. The van der Waals surface area contributed by atoms with E-state index in [-0.39, 0.29) is 0 Å². The second-order valence-electron chi connectivity index (χ2n) is 5.12. The van der Waals surface area contributed by atoms with Crippen LogP contribution in [0.25, 0.3) is 0 Å². The minimum Gasteiger partial charge on any atom is -0.481 e. The molecule has 0 saturated heterocycles. The van der Waals surface area contributed by atoms with Gasteiger partial charge in [-0.25, -0.2) is 0 Å². The highest BCUT2D eigenvalue weighted by Gasteiger charge is 2.38. The van der Waals surface area contributed by atoms with Crippen LogP contribution in [0, 0.1) is 24.2 Å². The minimum absolute atomic E-state index is 0.359. The van der Waals surface area contributed by atoms with Gasteiger partial charge in [-0.3, -0.25) is 9.59 Å². The molecule has 0 heterocycles. The Bertz CT molecular complexity index is 426. The van der Waals surface area contributed by atoms with Gasteiger partial charge in [-0.1, -0.05) is 17.6 Å². The van der Waals surface area contributed by atoms with Crippen LogP contribution in [0.3, 0.4) is 0 Å². The molecule has 0 saturated carbocycles. The van der Waals surface area contributed by atoms with E-state index in [1.807, 2.05) is 13.0 Å². The van der Waals surface area contributed by atoms with E-state index >= 15 is 0 Å². The maximum absolute atomic E-state index is 12.0. The first-order chi connectivity index (χ1) is 8.26. The molecule has 1 N–H and O–H groups in total. The van der Waals surface area contributed by atoms with Crippen LogP contribution in [0.1, 0.15) is 33.6 Å². The molecule has 1 rings (SSSR count). The Kier molecular flexibility index (Phi) is 4.18. The summed E-state index contributed by atoms with van der Waals surface area (Å²) in [7, 11) is 0. The molecule has 0 bridgehead atoms. The van der Waals surface area contributed by atoms with E-state index in [1.165, 1.54) is 0 Å². The van der Waals surface area contributed by atoms with Crippen molar-refractivity contribution in [3.63, 3.8) is 0 Å². The number of carbonyl (C=O) groups is 2. The topological polar surface area (TPSA) is 63.6 Å². The molecule has 1 aliphatic rings. The zero-order chi connectivity index (χ0) is 13.9. The highest BCUT2D eigenvalue weighted by molar-refractivity contribution is 5.82. The standard InChI is InChI=1S/C14H18O4/c1-5-14(3,4)18-13(17)11-8-9(2)6-7-10(11)12(15)16/h1,6,10-11H,7-8H2,2-4H3,(H,15,16)/t10-,11-/m1/s1. The molecule has 0 unspecified atom stereocenters. The van der Waals surface area contributed by atoms with E-state index < -0.39 is 29.4 Å². The van der Waals surface area contributed by atoms with Crippen molar-refractivity contribution in [2.75, 3.05) is 0 Å². The lowest BCUT2D eigenvalue weighted by atomic mass is 9.80. The van der Waals surface area contributed by atoms with Crippen LogP contribution in [0.4, 0.5) is 0 Å². The number of terminal acetylenes is 1. The Hall–Kier alpha value is -1.76. The summed E-state index contributed by atoms with van der Waals surface area (Å²) in [6.45, 7) is 5.09. The molecule has 4 nitrogen and oxygen atoms in total. The number of aliphatic carboxylic acids is 1. The molecule has 0 amide bonds. The fraction of sp³-hybridized carbons (Fsp3) is 0.571. The Morgan fingerprint density at radius 2 is 2.11 bits per heavy atom. The number of carboxylic acid groups (broad SMARTS) is 1. The molecule has 0 aromatic carbocycles. The molecule has 0 aromatic heterocycles. The Morgan fingerprint density at radius 1 is 1.50 bits per heavy atom. The van der Waals surface area contributed by atoms with Crippen LogP contribution in [0.2, 0.25) is 0 Å². The van der Waals surface area contributed by atoms with Gasteiger partial charge in [0.25, 0.3) is 0 Å². The zero-order valence-electron chi connectivity index (χ0n) is 10.9. The van der Waals surface area contributed by atoms with Crippen molar-refractivity contribution in [3.8, 4) is 12.3 Å². The summed E-state index contributed by atoms with van der Waals surface area (Å²) in [5.74, 6) is -0.521. The first-order valence-electron chi connectivity index (χ1n) is 5.86. The molecule has 1 aliphatic carbocycles. The van der Waals surface area contributed by atoms with Gasteiger partial charge in [0, 0.05) is 0 Å². The lowest BCUT2D eigenvalue weighted by Crippen LogP contribution is -2.37. The maximum Gasteiger partial charge on any atom is 0.311 e. The summed E-state index contributed by atoms with van der Waals surface area (Å²) < 4.78 is 5.19. The number of carboxylic acids is 1. The number of hydrogen-bond acceptors (Lipinski definition) is 3. The van der Waals surface area contributed by atoms with Gasteiger partial charge in [-0.2, -0.15) is 0 Å². The molecule has 0 spiro atoms. The SMILES string of the molecule is C#CC(C)(C)OC(=O)[C@@H]1CC(C)=CC[C@H]1C(=O)O. The van der Waals surface area contributed by atoms with Crippen LogP contribution in [0.5, 0.6) is 0 Å². The van der Waals surface area contributed by atoms with E-state index in [4.69, 9.17) is 16.3 Å². The summed E-state index contributed by atoms with van der Waals surface area (Å²) in [5.41, 5.74) is 0.00261. The zero-order valence-corrected chi connectivity index (χ0v) is 10.9. The number of carbonyl (C=O) groups excluding carboxylic acids is 1. The van der Waals surface area contributed by atoms with Crippen LogP contribution >= 0.6 is 0 Å². The second-order valence-corrected chi connectivity index (χ2v) is 5.12. The molecular formula is C14H18O4. The van der Waals surface area contributed by atoms with Crippen molar-refractivity contribution >= 4 is 11.9 Å². The average molecular weight is 250 g/mol. The van der Waals surface area contributed by atoms with Crippen LogP contribution in [-0.4, -0.2) is 22.6 Å². The third kappa shape index (κ3) is 3.36. The van der Waals surface area contributed by atoms with Gasteiger partial charge in [0.15, 0.2) is 5.60 Å². The largest absolute Gasteiger partial charge is 0.481 e. The summed E-state index contributed by atoms with van der Waals surface area (Å²) >= 11 is 0. The third-order valence-electron chi connectivity index (χ3n) is 3.07. The number of allylic oxidation sites excluding steroid dienone is 2. The van der Waals surface area contributed by atoms with Gasteiger partial charge < -0.3 is 9.84 Å². The Morgan fingerprint density at radius 3 is 2.61 bits per heavy atom. The predicted octanol–water partition coefficient (Wildman–Crippen LogP) is 2.00. The average Bonchev–Trinajstić information content (AvgIpc) is 2.28. The first-order valence-corrected chi connectivity index (χ1v) is 5.86. The molecule has 0 fully saturated rings. The van der Waals surface area contributed by atoms with Crippen LogP contribution < -0.4 is 0 Å². The smallest absolute Gasteiger partial charge is 0.311 e. The number of ether oxygens (including phenoxy) is 1. The summed E-state index contributed by atoms with van der Waals surface area (Å²) in [4.78, 5) is 23.2. The first kappa shape index (κ1) is 14.3.